The highest BCUT2D eigenvalue weighted by atomic mass is 16.2. The summed E-state index contributed by atoms with van der Waals surface area (Å²) in [6.45, 7) is 1.70. The Kier molecular flexibility index (Phi) is 5.76. The Bertz CT molecular complexity index is 273. The maximum atomic E-state index is 11.3. The Morgan fingerprint density at radius 3 is 2.71 bits per heavy atom. The zero-order valence-electron chi connectivity index (χ0n) is 10.7. The number of nitrogens with zero attached hydrogens (tertiary/aromatic N) is 2. The molecule has 0 atom stereocenters. The monoisotopic (exact) mass is 241 g/mol. The maximum absolute atomic E-state index is 11.3. The van der Waals surface area contributed by atoms with E-state index in [0.717, 1.165) is 32.2 Å². The zero-order chi connectivity index (χ0) is 12.7. The van der Waals surface area contributed by atoms with Crippen molar-refractivity contribution in [3.8, 4) is 0 Å². The predicted octanol–water partition coefficient (Wildman–Crippen LogP) is 0.105. The first-order valence-electron chi connectivity index (χ1n) is 6.10. The van der Waals surface area contributed by atoms with Crippen LogP contribution in [0.5, 0.6) is 0 Å². The summed E-state index contributed by atoms with van der Waals surface area (Å²) in [6, 6.07) is 0.0879. The molecule has 0 aromatic rings. The molecule has 1 rings (SSSR count). The minimum atomic E-state index is -0.248. The number of carbonyl (C=O) groups is 1. The first-order chi connectivity index (χ1) is 8.08. The van der Waals surface area contributed by atoms with Crippen LogP contribution in [0.25, 0.3) is 0 Å². The molecule has 0 radical (unpaired) electrons. The summed E-state index contributed by atoms with van der Waals surface area (Å²) in [7, 11) is 4.09. The van der Waals surface area contributed by atoms with Crippen LogP contribution >= 0.6 is 0 Å². The highest BCUT2D eigenvalue weighted by molar-refractivity contribution is 5.95. The van der Waals surface area contributed by atoms with Crippen LogP contribution in [0, 0.1) is 0 Å². The van der Waals surface area contributed by atoms with Crippen molar-refractivity contribution in [3.63, 3.8) is 0 Å². The number of aliphatic imine (C=N–C) groups is 1. The fourth-order valence-corrected chi connectivity index (χ4v) is 1.34. The lowest BCUT2D eigenvalue weighted by molar-refractivity contribution is 0.245. The summed E-state index contributed by atoms with van der Waals surface area (Å²) in [6.07, 6.45) is 4.19. The van der Waals surface area contributed by atoms with E-state index in [1.54, 1.807) is 0 Å². The number of nitrogens with two attached hydrogens (primary N) is 1. The molecule has 1 aliphatic carbocycles. The topological polar surface area (TPSA) is 82.8 Å². The van der Waals surface area contributed by atoms with Crippen molar-refractivity contribution in [2.45, 2.75) is 31.7 Å². The number of urea groups is 1. The van der Waals surface area contributed by atoms with Crippen LogP contribution in [0.15, 0.2) is 4.99 Å². The third kappa shape index (κ3) is 7.57. The van der Waals surface area contributed by atoms with Crippen LogP contribution in [0.1, 0.15) is 25.7 Å². The number of nitrogens with one attached hydrogen (secondary N) is 2. The van der Waals surface area contributed by atoms with E-state index in [9.17, 15) is 4.79 Å². The van der Waals surface area contributed by atoms with Crippen molar-refractivity contribution in [2.75, 3.05) is 27.2 Å². The van der Waals surface area contributed by atoms with Gasteiger partial charge in [-0.2, -0.15) is 0 Å². The molecule has 0 aromatic heterocycles. The highest BCUT2D eigenvalue weighted by Crippen LogP contribution is 2.18. The third-order valence-corrected chi connectivity index (χ3v) is 2.45. The number of rotatable bonds is 6. The molecule has 0 bridgehead atoms. The van der Waals surface area contributed by atoms with E-state index >= 15 is 0 Å². The maximum Gasteiger partial charge on any atom is 0.321 e. The minimum absolute atomic E-state index is 0.202. The van der Waals surface area contributed by atoms with Crippen molar-refractivity contribution in [1.82, 2.24) is 15.5 Å². The largest absolute Gasteiger partial charge is 0.370 e. The van der Waals surface area contributed by atoms with Crippen LogP contribution < -0.4 is 16.4 Å². The molecule has 98 valence electrons. The van der Waals surface area contributed by atoms with Crippen LogP contribution in [0.3, 0.4) is 0 Å². The Morgan fingerprint density at radius 1 is 1.41 bits per heavy atom. The van der Waals surface area contributed by atoms with Crippen molar-refractivity contribution in [2.24, 2.45) is 10.7 Å². The molecular weight excluding hydrogens is 218 g/mol. The summed E-state index contributed by atoms with van der Waals surface area (Å²) < 4.78 is 0. The van der Waals surface area contributed by atoms with Gasteiger partial charge in [-0.1, -0.05) is 0 Å². The molecule has 0 heterocycles. The first kappa shape index (κ1) is 13.8. The van der Waals surface area contributed by atoms with Crippen LogP contribution in [-0.2, 0) is 0 Å². The first-order valence-corrected chi connectivity index (χ1v) is 6.10. The fraction of sp³-hybridized carbons (Fsp3) is 0.818. The average Bonchev–Trinajstić information content (AvgIpc) is 3.00. The Morgan fingerprint density at radius 2 is 2.12 bits per heavy atom. The summed E-state index contributed by atoms with van der Waals surface area (Å²) >= 11 is 0. The van der Waals surface area contributed by atoms with Gasteiger partial charge in [-0.15, -0.1) is 0 Å². The fourth-order valence-electron chi connectivity index (χ4n) is 1.34. The molecule has 0 unspecified atom stereocenters. The molecule has 17 heavy (non-hydrogen) atoms. The highest BCUT2D eigenvalue weighted by Gasteiger charge is 2.23. The molecule has 0 aromatic carbocycles. The number of hydrogen-bond acceptors (Lipinski definition) is 3. The average molecular weight is 241 g/mol. The van der Waals surface area contributed by atoms with Crippen LogP contribution in [0.2, 0.25) is 0 Å². The second-order valence-electron chi connectivity index (χ2n) is 4.65. The second-order valence-corrected chi connectivity index (χ2v) is 4.65. The molecule has 6 nitrogen and oxygen atoms in total. The van der Waals surface area contributed by atoms with Crippen LogP contribution in [-0.4, -0.2) is 50.1 Å². The van der Waals surface area contributed by atoms with Gasteiger partial charge in [0, 0.05) is 12.6 Å². The van der Waals surface area contributed by atoms with Crippen molar-refractivity contribution >= 4 is 12.0 Å². The van der Waals surface area contributed by atoms with E-state index in [4.69, 9.17) is 5.73 Å². The number of unbranched alkanes of at least 4 members (excludes halogenated alkanes) is 1. The Hall–Kier alpha value is -1.30. The van der Waals surface area contributed by atoms with Gasteiger partial charge in [0.25, 0.3) is 0 Å². The normalized spacial score (nSPS) is 16.1. The number of carbonyl (C=O) groups excluding carboxylic acids is 1. The van der Waals surface area contributed by atoms with Gasteiger partial charge < -0.3 is 16.0 Å². The van der Waals surface area contributed by atoms with Gasteiger partial charge >= 0.3 is 6.03 Å². The smallest absolute Gasteiger partial charge is 0.321 e. The molecule has 4 N–H and O–H groups in total. The SMILES string of the molecule is CN(C)CCCCN=C(N)NC(=O)NC1CC1. The number of hydrogen-bond donors (Lipinski definition) is 3. The van der Waals surface area contributed by atoms with Gasteiger partial charge in [0.2, 0.25) is 0 Å². The van der Waals surface area contributed by atoms with E-state index in [0.29, 0.717) is 12.6 Å². The van der Waals surface area contributed by atoms with Gasteiger partial charge in [0.05, 0.1) is 0 Å². The molecule has 0 spiro atoms. The lowest BCUT2D eigenvalue weighted by atomic mass is 10.3. The minimum Gasteiger partial charge on any atom is -0.370 e. The lowest BCUT2D eigenvalue weighted by Gasteiger charge is -2.08. The molecule has 1 fully saturated rings. The summed E-state index contributed by atoms with van der Waals surface area (Å²) in [5.74, 6) is 0.202. The quantitative estimate of drug-likeness (QED) is 0.350. The van der Waals surface area contributed by atoms with Crippen molar-refractivity contribution in [1.29, 1.82) is 0 Å². The lowest BCUT2D eigenvalue weighted by Crippen LogP contribution is -2.44. The predicted molar refractivity (Wildman–Crippen MR) is 69.0 cm³/mol. The van der Waals surface area contributed by atoms with Crippen molar-refractivity contribution < 1.29 is 4.79 Å². The van der Waals surface area contributed by atoms with Gasteiger partial charge in [-0.05, 0) is 46.3 Å². The Labute approximate surface area is 103 Å². The molecular formula is C11H23N5O. The van der Waals surface area contributed by atoms with E-state index < -0.39 is 0 Å². The zero-order valence-corrected chi connectivity index (χ0v) is 10.7. The van der Waals surface area contributed by atoms with Gasteiger partial charge in [0.15, 0.2) is 5.96 Å². The van der Waals surface area contributed by atoms with Gasteiger partial charge in [-0.3, -0.25) is 10.3 Å². The third-order valence-electron chi connectivity index (χ3n) is 2.45. The van der Waals surface area contributed by atoms with Crippen LogP contribution in [0.4, 0.5) is 4.79 Å². The molecule has 6 heteroatoms. The number of guanidine groups is 1. The standard InChI is InChI=1S/C11H23N5O/c1-16(2)8-4-3-7-13-10(12)15-11(17)14-9-5-6-9/h9H,3-8H2,1-2H3,(H4,12,13,14,15,17). The summed E-state index contributed by atoms with van der Waals surface area (Å²) in [5, 5.41) is 5.30. The molecule has 1 saturated carbocycles. The molecule has 1 aliphatic rings. The summed E-state index contributed by atoms with van der Waals surface area (Å²) in [4.78, 5) is 17.5. The van der Waals surface area contributed by atoms with E-state index in [-0.39, 0.29) is 12.0 Å². The summed E-state index contributed by atoms with van der Waals surface area (Å²) in [5.41, 5.74) is 5.58. The molecule has 2 amide bonds. The molecule has 0 saturated heterocycles. The van der Waals surface area contributed by atoms with Crippen molar-refractivity contribution in [3.05, 3.63) is 0 Å². The van der Waals surface area contributed by atoms with Gasteiger partial charge in [0.1, 0.15) is 0 Å². The molecule has 0 aliphatic heterocycles. The number of amides is 2. The van der Waals surface area contributed by atoms with Gasteiger partial charge in [-0.25, -0.2) is 4.79 Å². The van der Waals surface area contributed by atoms with E-state index in [1.165, 1.54) is 0 Å². The second kappa shape index (κ2) is 7.11. The van der Waals surface area contributed by atoms with E-state index in [2.05, 4.69) is 20.5 Å². The Balaban J connectivity index is 2.04. The van der Waals surface area contributed by atoms with E-state index in [1.807, 2.05) is 14.1 Å².